The van der Waals surface area contributed by atoms with Crippen molar-refractivity contribution in [3.8, 4) is 0 Å². The molecule has 1 saturated heterocycles. The third-order valence-electron chi connectivity index (χ3n) is 2.79. The van der Waals surface area contributed by atoms with Crippen LogP contribution in [0.2, 0.25) is 0 Å². The molecule has 0 aromatic heterocycles. The Morgan fingerprint density at radius 3 is 2.80 bits per heavy atom. The highest BCUT2D eigenvalue weighted by atomic mass is 16.6. The van der Waals surface area contributed by atoms with Crippen LogP contribution in [0.4, 0.5) is 0 Å². The summed E-state index contributed by atoms with van der Waals surface area (Å²) in [6, 6.07) is 0. The molecule has 4 heteroatoms. The fraction of sp³-hybridized carbons (Fsp3) is 0.636. The number of esters is 2. The molecule has 0 saturated carbocycles. The molecule has 0 aromatic carbocycles. The van der Waals surface area contributed by atoms with Crippen LogP contribution >= 0.6 is 0 Å². The second kappa shape index (κ2) is 4.04. The van der Waals surface area contributed by atoms with Gasteiger partial charge in [-0.3, -0.25) is 4.79 Å². The zero-order chi connectivity index (χ0) is 11.6. The lowest BCUT2D eigenvalue weighted by molar-refractivity contribution is -0.183. The number of rotatable bonds is 2. The van der Waals surface area contributed by atoms with Crippen molar-refractivity contribution in [2.45, 2.75) is 32.8 Å². The minimum atomic E-state index is -0.772. The highest BCUT2D eigenvalue weighted by Crippen LogP contribution is 2.31. The van der Waals surface area contributed by atoms with E-state index in [2.05, 4.69) is 6.58 Å². The van der Waals surface area contributed by atoms with Crippen LogP contribution < -0.4 is 0 Å². The predicted molar refractivity (Wildman–Crippen MR) is 54.1 cm³/mol. The van der Waals surface area contributed by atoms with E-state index >= 15 is 0 Å². The quantitative estimate of drug-likeness (QED) is 0.513. The summed E-state index contributed by atoms with van der Waals surface area (Å²) in [5.41, 5.74) is -0.437. The molecule has 1 aliphatic rings. The summed E-state index contributed by atoms with van der Waals surface area (Å²) < 4.78 is 10.2. The molecule has 0 aliphatic carbocycles. The Balaban J connectivity index is 2.76. The first-order valence-corrected chi connectivity index (χ1v) is 4.92. The predicted octanol–water partition coefficient (Wildman–Crippen LogP) is 1.45. The lowest BCUT2D eigenvalue weighted by Crippen LogP contribution is -2.47. The molecule has 2 unspecified atom stereocenters. The van der Waals surface area contributed by atoms with Crippen LogP contribution in [0.1, 0.15) is 27.2 Å². The zero-order valence-electron chi connectivity index (χ0n) is 9.33. The molecule has 1 fully saturated rings. The molecule has 15 heavy (non-hydrogen) atoms. The standard InChI is InChI=1S/C11H16O4/c1-7(2)9(12)15-11(4)5-6-14-10(13)8(11)3/h8H,1,5-6H2,2-4H3. The van der Waals surface area contributed by atoms with Crippen molar-refractivity contribution in [3.05, 3.63) is 12.2 Å². The molecule has 2 atom stereocenters. The molecule has 4 nitrogen and oxygen atoms in total. The largest absolute Gasteiger partial charge is 0.465 e. The van der Waals surface area contributed by atoms with Gasteiger partial charge in [-0.05, 0) is 20.8 Å². The first-order chi connectivity index (χ1) is 6.87. The van der Waals surface area contributed by atoms with Crippen LogP contribution in [-0.2, 0) is 19.1 Å². The van der Waals surface area contributed by atoms with E-state index in [0.29, 0.717) is 18.6 Å². The zero-order valence-corrected chi connectivity index (χ0v) is 9.33. The summed E-state index contributed by atoms with van der Waals surface area (Å²) in [7, 11) is 0. The van der Waals surface area contributed by atoms with Gasteiger partial charge in [-0.2, -0.15) is 0 Å². The average Bonchev–Trinajstić information content (AvgIpc) is 2.14. The number of cyclic esters (lactones) is 1. The fourth-order valence-corrected chi connectivity index (χ4v) is 1.38. The Morgan fingerprint density at radius 1 is 1.67 bits per heavy atom. The summed E-state index contributed by atoms with van der Waals surface area (Å²) >= 11 is 0. The van der Waals surface area contributed by atoms with Gasteiger partial charge in [-0.15, -0.1) is 0 Å². The van der Waals surface area contributed by atoms with Crippen molar-refractivity contribution in [1.29, 1.82) is 0 Å². The van der Waals surface area contributed by atoms with Crippen LogP contribution in [0.25, 0.3) is 0 Å². The molecular weight excluding hydrogens is 196 g/mol. The Hall–Kier alpha value is -1.32. The van der Waals surface area contributed by atoms with Crippen LogP contribution in [0.3, 0.4) is 0 Å². The Labute approximate surface area is 89.2 Å². The molecular formula is C11H16O4. The highest BCUT2D eigenvalue weighted by Gasteiger charge is 2.43. The van der Waals surface area contributed by atoms with Gasteiger partial charge in [0, 0.05) is 12.0 Å². The molecule has 0 aromatic rings. The monoisotopic (exact) mass is 212 g/mol. The van der Waals surface area contributed by atoms with Crippen molar-refractivity contribution in [2.24, 2.45) is 5.92 Å². The number of ether oxygens (including phenoxy) is 2. The van der Waals surface area contributed by atoms with Crippen LogP contribution in [-0.4, -0.2) is 24.1 Å². The number of hydrogen-bond acceptors (Lipinski definition) is 4. The Bertz CT molecular complexity index is 308. The number of hydrogen-bond donors (Lipinski definition) is 0. The van der Waals surface area contributed by atoms with Gasteiger partial charge in [0.2, 0.25) is 0 Å². The van der Waals surface area contributed by atoms with Gasteiger partial charge in [-0.25, -0.2) is 4.79 Å². The summed E-state index contributed by atoms with van der Waals surface area (Å²) in [4.78, 5) is 22.7. The van der Waals surface area contributed by atoms with Gasteiger partial charge < -0.3 is 9.47 Å². The molecule has 0 N–H and O–H groups in total. The van der Waals surface area contributed by atoms with Gasteiger partial charge >= 0.3 is 11.9 Å². The first-order valence-electron chi connectivity index (χ1n) is 4.92. The molecule has 84 valence electrons. The highest BCUT2D eigenvalue weighted by molar-refractivity contribution is 5.87. The second-order valence-corrected chi connectivity index (χ2v) is 4.12. The maximum atomic E-state index is 11.4. The van der Waals surface area contributed by atoms with Gasteiger partial charge in [0.05, 0.1) is 12.5 Å². The minimum Gasteiger partial charge on any atom is -0.465 e. The van der Waals surface area contributed by atoms with E-state index in [1.165, 1.54) is 0 Å². The lowest BCUT2D eigenvalue weighted by atomic mass is 9.86. The second-order valence-electron chi connectivity index (χ2n) is 4.12. The lowest BCUT2D eigenvalue weighted by Gasteiger charge is -2.37. The molecule has 1 aliphatic heterocycles. The smallest absolute Gasteiger partial charge is 0.333 e. The van der Waals surface area contributed by atoms with Crippen LogP contribution in [0.15, 0.2) is 12.2 Å². The summed E-state index contributed by atoms with van der Waals surface area (Å²) in [6.45, 7) is 8.83. The van der Waals surface area contributed by atoms with Crippen LogP contribution in [0, 0.1) is 5.92 Å². The SMILES string of the molecule is C=C(C)C(=O)OC1(C)CCOC(=O)C1C. The minimum absolute atomic E-state index is 0.295. The van der Waals surface area contributed by atoms with Crippen molar-refractivity contribution in [1.82, 2.24) is 0 Å². The van der Waals surface area contributed by atoms with E-state index in [4.69, 9.17) is 9.47 Å². The summed E-state index contributed by atoms with van der Waals surface area (Å²) in [6.07, 6.45) is 0.527. The topological polar surface area (TPSA) is 52.6 Å². The molecule has 0 bridgehead atoms. The van der Waals surface area contributed by atoms with E-state index in [0.717, 1.165) is 0 Å². The molecule has 1 rings (SSSR count). The van der Waals surface area contributed by atoms with E-state index in [1.54, 1.807) is 20.8 Å². The Kier molecular flexibility index (Phi) is 3.17. The summed E-state index contributed by atoms with van der Waals surface area (Å²) in [5, 5.41) is 0. The average molecular weight is 212 g/mol. The van der Waals surface area contributed by atoms with Gasteiger partial charge in [0.15, 0.2) is 0 Å². The third-order valence-corrected chi connectivity index (χ3v) is 2.79. The number of carbonyl (C=O) groups excluding carboxylic acids is 2. The molecule has 0 spiro atoms. The Morgan fingerprint density at radius 2 is 2.27 bits per heavy atom. The van der Waals surface area contributed by atoms with Crippen molar-refractivity contribution >= 4 is 11.9 Å². The van der Waals surface area contributed by atoms with Gasteiger partial charge in [0.1, 0.15) is 5.60 Å². The summed E-state index contributed by atoms with van der Waals surface area (Å²) in [5.74, 6) is -1.22. The van der Waals surface area contributed by atoms with Crippen molar-refractivity contribution in [2.75, 3.05) is 6.61 Å². The van der Waals surface area contributed by atoms with Crippen molar-refractivity contribution < 1.29 is 19.1 Å². The number of carbonyl (C=O) groups is 2. The maximum absolute atomic E-state index is 11.4. The van der Waals surface area contributed by atoms with E-state index in [9.17, 15) is 9.59 Å². The van der Waals surface area contributed by atoms with E-state index in [-0.39, 0.29) is 5.97 Å². The molecule has 0 radical (unpaired) electrons. The van der Waals surface area contributed by atoms with Crippen molar-refractivity contribution in [3.63, 3.8) is 0 Å². The fourth-order valence-electron chi connectivity index (χ4n) is 1.38. The molecule has 0 amide bonds. The molecule has 1 heterocycles. The third kappa shape index (κ3) is 2.37. The van der Waals surface area contributed by atoms with Gasteiger partial charge in [-0.1, -0.05) is 6.58 Å². The van der Waals surface area contributed by atoms with Gasteiger partial charge in [0.25, 0.3) is 0 Å². The van der Waals surface area contributed by atoms with Crippen LogP contribution in [0.5, 0.6) is 0 Å². The first kappa shape index (κ1) is 11.8. The normalized spacial score (nSPS) is 30.6. The van der Waals surface area contributed by atoms with E-state index < -0.39 is 17.5 Å². The maximum Gasteiger partial charge on any atom is 0.333 e. The van der Waals surface area contributed by atoms with E-state index in [1.807, 2.05) is 0 Å².